The highest BCUT2D eigenvalue weighted by molar-refractivity contribution is 9.12. The molecule has 0 atom stereocenters. The van der Waals surface area contributed by atoms with Gasteiger partial charge < -0.3 is 0 Å². The maximum atomic E-state index is 13.4. The Bertz CT molecular complexity index is 590. The van der Waals surface area contributed by atoms with Crippen molar-refractivity contribution in [2.45, 2.75) is 6.42 Å². The SMILES string of the molecule is O=C(Cc1c(F)cccc1F)c1cc(Br)sc1Br. The Morgan fingerprint density at radius 2 is 1.83 bits per heavy atom. The summed E-state index contributed by atoms with van der Waals surface area (Å²) in [5.41, 5.74) is 0.228. The molecule has 0 unspecified atom stereocenters. The maximum Gasteiger partial charge on any atom is 0.169 e. The maximum absolute atomic E-state index is 13.4. The van der Waals surface area contributed by atoms with Gasteiger partial charge in [-0.05, 0) is 50.1 Å². The molecule has 0 spiro atoms. The molecule has 0 N–H and O–H groups in total. The van der Waals surface area contributed by atoms with Crippen LogP contribution in [0.5, 0.6) is 0 Å². The Hall–Kier alpha value is -0.590. The molecule has 94 valence electrons. The molecular formula is C12H6Br2F2OS. The second-order valence-corrected chi connectivity index (χ2v) is 7.29. The van der Waals surface area contributed by atoms with E-state index in [4.69, 9.17) is 0 Å². The first-order chi connectivity index (χ1) is 8.49. The summed E-state index contributed by atoms with van der Waals surface area (Å²) in [6.07, 6.45) is -0.291. The third kappa shape index (κ3) is 2.87. The summed E-state index contributed by atoms with van der Waals surface area (Å²) in [6, 6.07) is 5.19. The van der Waals surface area contributed by atoms with Crippen molar-refractivity contribution in [3.63, 3.8) is 0 Å². The van der Waals surface area contributed by atoms with E-state index in [2.05, 4.69) is 31.9 Å². The van der Waals surface area contributed by atoms with Gasteiger partial charge in [-0.15, -0.1) is 11.3 Å². The zero-order valence-electron chi connectivity index (χ0n) is 8.84. The smallest absolute Gasteiger partial charge is 0.169 e. The highest BCUT2D eigenvalue weighted by Gasteiger charge is 2.18. The average molecular weight is 396 g/mol. The molecule has 0 saturated heterocycles. The largest absolute Gasteiger partial charge is 0.294 e. The number of hydrogen-bond acceptors (Lipinski definition) is 2. The molecule has 2 aromatic rings. The van der Waals surface area contributed by atoms with Gasteiger partial charge in [-0.1, -0.05) is 6.07 Å². The Balaban J connectivity index is 2.30. The summed E-state index contributed by atoms with van der Waals surface area (Å²) < 4.78 is 28.3. The van der Waals surface area contributed by atoms with Crippen LogP contribution in [0.1, 0.15) is 15.9 Å². The highest BCUT2D eigenvalue weighted by atomic mass is 79.9. The molecule has 0 aliphatic rings. The molecule has 2 rings (SSSR count). The van der Waals surface area contributed by atoms with E-state index in [1.54, 1.807) is 6.07 Å². The van der Waals surface area contributed by atoms with Gasteiger partial charge in [0.2, 0.25) is 0 Å². The summed E-state index contributed by atoms with van der Waals surface area (Å²) in [5, 5.41) is 0. The van der Waals surface area contributed by atoms with E-state index in [-0.39, 0.29) is 17.8 Å². The van der Waals surface area contributed by atoms with Crippen LogP contribution in [0.3, 0.4) is 0 Å². The van der Waals surface area contributed by atoms with Gasteiger partial charge in [0.05, 0.1) is 7.57 Å². The molecule has 1 nitrogen and oxygen atoms in total. The van der Waals surface area contributed by atoms with Gasteiger partial charge in [-0.25, -0.2) is 8.78 Å². The molecule has 0 fully saturated rings. The van der Waals surface area contributed by atoms with E-state index in [1.807, 2.05) is 0 Å². The Morgan fingerprint density at radius 3 is 2.33 bits per heavy atom. The lowest BCUT2D eigenvalue weighted by Gasteiger charge is -2.03. The third-order valence-corrected chi connectivity index (χ3v) is 4.70. The minimum Gasteiger partial charge on any atom is -0.294 e. The van der Waals surface area contributed by atoms with Crippen LogP contribution < -0.4 is 0 Å². The van der Waals surface area contributed by atoms with Gasteiger partial charge >= 0.3 is 0 Å². The highest BCUT2D eigenvalue weighted by Crippen LogP contribution is 2.32. The van der Waals surface area contributed by atoms with Gasteiger partial charge in [0.25, 0.3) is 0 Å². The van der Waals surface area contributed by atoms with Crippen LogP contribution in [-0.4, -0.2) is 5.78 Å². The molecular weight excluding hydrogens is 390 g/mol. The summed E-state index contributed by atoms with van der Waals surface area (Å²) in [7, 11) is 0. The van der Waals surface area contributed by atoms with Crippen molar-refractivity contribution >= 4 is 49.0 Å². The predicted molar refractivity (Wildman–Crippen MR) is 74.1 cm³/mol. The summed E-state index contributed by atoms with van der Waals surface area (Å²) in [4.78, 5) is 12.0. The molecule has 18 heavy (non-hydrogen) atoms. The number of thiophene rings is 1. The van der Waals surface area contributed by atoms with Gasteiger partial charge in [-0.2, -0.15) is 0 Å². The van der Waals surface area contributed by atoms with E-state index in [0.717, 1.165) is 15.9 Å². The van der Waals surface area contributed by atoms with Gasteiger partial charge in [0.1, 0.15) is 11.6 Å². The first-order valence-corrected chi connectivity index (χ1v) is 7.30. The number of benzene rings is 1. The zero-order valence-corrected chi connectivity index (χ0v) is 12.8. The minimum atomic E-state index is -0.700. The van der Waals surface area contributed by atoms with E-state index in [9.17, 15) is 13.6 Å². The lowest BCUT2D eigenvalue weighted by atomic mass is 10.0. The van der Waals surface area contributed by atoms with Crippen LogP contribution in [0, 0.1) is 11.6 Å². The predicted octanol–water partition coefficient (Wildman–Crippen LogP) is 4.98. The molecule has 6 heteroatoms. The lowest BCUT2D eigenvalue weighted by molar-refractivity contribution is 0.0990. The van der Waals surface area contributed by atoms with Crippen LogP contribution in [0.25, 0.3) is 0 Å². The topological polar surface area (TPSA) is 17.1 Å². The molecule has 1 aromatic heterocycles. The van der Waals surface area contributed by atoms with Crippen LogP contribution in [0.2, 0.25) is 0 Å². The molecule has 0 amide bonds. The van der Waals surface area contributed by atoms with Crippen LogP contribution in [0.15, 0.2) is 31.8 Å². The van der Waals surface area contributed by atoms with Crippen molar-refractivity contribution in [3.05, 3.63) is 54.6 Å². The Morgan fingerprint density at radius 1 is 1.22 bits per heavy atom. The molecule has 0 aliphatic heterocycles. The van der Waals surface area contributed by atoms with Crippen LogP contribution in [0.4, 0.5) is 8.78 Å². The van der Waals surface area contributed by atoms with Crippen molar-refractivity contribution in [3.8, 4) is 0 Å². The number of carbonyl (C=O) groups excluding carboxylic acids is 1. The van der Waals surface area contributed by atoms with Crippen LogP contribution >= 0.6 is 43.2 Å². The third-order valence-electron chi connectivity index (χ3n) is 2.36. The second-order valence-electron chi connectivity index (χ2n) is 3.54. The fourth-order valence-electron chi connectivity index (χ4n) is 1.49. The summed E-state index contributed by atoms with van der Waals surface area (Å²) in [5.74, 6) is -1.73. The van der Waals surface area contributed by atoms with Crippen LogP contribution in [-0.2, 0) is 6.42 Å². The Labute approximate surface area is 123 Å². The normalized spacial score (nSPS) is 10.7. The first kappa shape index (κ1) is 13.8. The second kappa shape index (κ2) is 5.59. The zero-order chi connectivity index (χ0) is 13.3. The summed E-state index contributed by atoms with van der Waals surface area (Å²) >= 11 is 7.84. The average Bonchev–Trinajstić information content (AvgIpc) is 2.63. The molecule has 0 saturated carbocycles. The minimum absolute atomic E-state index is 0.197. The number of Topliss-reactive ketones (excluding diaryl/α,β-unsaturated/α-hetero) is 1. The molecule has 0 bridgehead atoms. The van der Waals surface area contributed by atoms with Crippen molar-refractivity contribution in [1.29, 1.82) is 0 Å². The molecule has 1 aromatic carbocycles. The van der Waals surface area contributed by atoms with Crippen molar-refractivity contribution in [1.82, 2.24) is 0 Å². The number of carbonyl (C=O) groups is 1. The Kier molecular flexibility index (Phi) is 4.29. The molecule has 0 radical (unpaired) electrons. The van der Waals surface area contributed by atoms with E-state index in [0.29, 0.717) is 9.35 Å². The monoisotopic (exact) mass is 394 g/mol. The van der Waals surface area contributed by atoms with Crippen molar-refractivity contribution < 1.29 is 13.6 Å². The van der Waals surface area contributed by atoms with Gasteiger partial charge in [0, 0.05) is 17.5 Å². The summed E-state index contributed by atoms with van der Waals surface area (Å²) in [6.45, 7) is 0. The van der Waals surface area contributed by atoms with E-state index < -0.39 is 11.6 Å². The van der Waals surface area contributed by atoms with Gasteiger partial charge in [-0.3, -0.25) is 4.79 Å². The lowest BCUT2D eigenvalue weighted by Crippen LogP contribution is -2.06. The fourth-order valence-corrected chi connectivity index (χ4v) is 4.34. The number of rotatable bonds is 3. The first-order valence-electron chi connectivity index (χ1n) is 4.90. The molecule has 1 heterocycles. The molecule has 0 aliphatic carbocycles. The fraction of sp³-hybridized carbons (Fsp3) is 0.0833. The van der Waals surface area contributed by atoms with Crippen molar-refractivity contribution in [2.75, 3.05) is 0 Å². The van der Waals surface area contributed by atoms with Gasteiger partial charge in [0.15, 0.2) is 5.78 Å². The number of halogens is 4. The number of hydrogen-bond donors (Lipinski definition) is 0. The number of ketones is 1. The van der Waals surface area contributed by atoms with Crippen molar-refractivity contribution in [2.24, 2.45) is 0 Å². The van der Waals surface area contributed by atoms with E-state index in [1.165, 1.54) is 17.4 Å². The quantitative estimate of drug-likeness (QED) is 0.670. The van der Waals surface area contributed by atoms with E-state index >= 15 is 0 Å². The standard InChI is InChI=1S/C12H6Br2F2OS/c13-11-5-7(12(14)18-11)10(17)4-6-8(15)2-1-3-9(6)16/h1-3,5H,4H2.